The number of hydrogen-bond acceptors (Lipinski definition) is 2. The summed E-state index contributed by atoms with van der Waals surface area (Å²) < 4.78 is 6.41. The van der Waals surface area contributed by atoms with Gasteiger partial charge in [0.15, 0.2) is 0 Å². The molecular weight excluding hydrogens is 703 g/mol. The third-order valence-electron chi connectivity index (χ3n) is 11.5. The van der Waals surface area contributed by atoms with E-state index in [0.717, 1.165) is 50.1 Å². The highest BCUT2D eigenvalue weighted by molar-refractivity contribution is 6.09. The molecule has 0 aliphatic heterocycles. The Balaban J connectivity index is 0.959. The average Bonchev–Trinajstić information content (AvgIpc) is 3.69. The van der Waals surface area contributed by atoms with Gasteiger partial charge in [0.05, 0.1) is 0 Å². The molecule has 0 saturated heterocycles. The maximum atomic E-state index is 6.41. The van der Waals surface area contributed by atoms with Gasteiger partial charge in [-0.15, -0.1) is 0 Å². The predicted octanol–water partition coefficient (Wildman–Crippen LogP) is 16.0. The number of benzene rings is 10. The van der Waals surface area contributed by atoms with Crippen LogP contribution in [0, 0.1) is 0 Å². The normalized spacial score (nSPS) is 11.4. The van der Waals surface area contributed by atoms with Crippen LogP contribution in [0.1, 0.15) is 0 Å². The quantitative estimate of drug-likeness (QED) is 0.162. The molecule has 1 heterocycles. The fourth-order valence-electron chi connectivity index (χ4n) is 8.43. The van der Waals surface area contributed by atoms with Crippen LogP contribution in [0.5, 0.6) is 0 Å². The first-order valence-electron chi connectivity index (χ1n) is 19.8. The van der Waals surface area contributed by atoms with Crippen LogP contribution in [0.15, 0.2) is 229 Å². The second-order valence-corrected chi connectivity index (χ2v) is 15.0. The highest BCUT2D eigenvalue weighted by Crippen LogP contribution is 2.40. The Labute approximate surface area is 337 Å². The molecule has 10 aromatic carbocycles. The molecule has 2 heteroatoms. The van der Waals surface area contributed by atoms with Gasteiger partial charge in [-0.1, -0.05) is 164 Å². The number of furan rings is 1. The fourth-order valence-corrected chi connectivity index (χ4v) is 8.43. The molecule has 0 aliphatic rings. The molecule has 11 aromatic rings. The van der Waals surface area contributed by atoms with Crippen LogP contribution in [0.3, 0.4) is 0 Å². The first-order chi connectivity index (χ1) is 28.7. The number of para-hydroxylation sites is 2. The molecule has 0 atom stereocenters. The van der Waals surface area contributed by atoms with Crippen LogP contribution in [-0.4, -0.2) is 0 Å². The SMILES string of the molecule is c1cc(-c2ccc(N(c3ccc(-c4ccc5ccccc5c4)cc3)c3ccc(-c4cccc5c4oc4ccccc45)cc3)cc2)cc(-c2ccc3ccccc3c2)c1. The summed E-state index contributed by atoms with van der Waals surface area (Å²) in [6, 6.07) is 80.7. The van der Waals surface area contributed by atoms with Crippen molar-refractivity contribution in [3.63, 3.8) is 0 Å². The van der Waals surface area contributed by atoms with E-state index in [4.69, 9.17) is 4.42 Å². The summed E-state index contributed by atoms with van der Waals surface area (Å²) in [4.78, 5) is 2.34. The van der Waals surface area contributed by atoms with Gasteiger partial charge in [0, 0.05) is 33.4 Å². The summed E-state index contributed by atoms with van der Waals surface area (Å²) in [5.74, 6) is 0. The topological polar surface area (TPSA) is 16.4 Å². The van der Waals surface area contributed by atoms with Crippen molar-refractivity contribution in [3.05, 3.63) is 224 Å². The van der Waals surface area contributed by atoms with Gasteiger partial charge in [0.25, 0.3) is 0 Å². The van der Waals surface area contributed by atoms with Gasteiger partial charge in [-0.3, -0.25) is 0 Å². The Hall–Kier alpha value is -7.68. The molecule has 0 fully saturated rings. The van der Waals surface area contributed by atoms with Crippen molar-refractivity contribution in [1.29, 1.82) is 0 Å². The van der Waals surface area contributed by atoms with Gasteiger partial charge in [-0.25, -0.2) is 0 Å². The zero-order valence-corrected chi connectivity index (χ0v) is 31.7. The van der Waals surface area contributed by atoms with Gasteiger partial charge in [-0.2, -0.15) is 0 Å². The summed E-state index contributed by atoms with van der Waals surface area (Å²) in [7, 11) is 0. The number of hydrogen-bond donors (Lipinski definition) is 0. The minimum absolute atomic E-state index is 0.906. The monoisotopic (exact) mass is 739 g/mol. The van der Waals surface area contributed by atoms with E-state index in [0.29, 0.717) is 0 Å². The van der Waals surface area contributed by atoms with Crippen LogP contribution in [0.4, 0.5) is 17.1 Å². The number of nitrogens with zero attached hydrogens (tertiary/aromatic N) is 1. The molecule has 0 N–H and O–H groups in total. The van der Waals surface area contributed by atoms with Crippen LogP contribution >= 0.6 is 0 Å². The summed E-state index contributed by atoms with van der Waals surface area (Å²) in [5, 5.41) is 7.26. The molecule has 2 nitrogen and oxygen atoms in total. The van der Waals surface area contributed by atoms with E-state index in [-0.39, 0.29) is 0 Å². The van der Waals surface area contributed by atoms with Gasteiger partial charge in [0.2, 0.25) is 0 Å². The van der Waals surface area contributed by atoms with E-state index < -0.39 is 0 Å². The summed E-state index contributed by atoms with van der Waals surface area (Å²) in [5.41, 5.74) is 14.4. The molecule has 0 saturated carbocycles. The third-order valence-corrected chi connectivity index (χ3v) is 11.5. The van der Waals surface area contributed by atoms with E-state index >= 15 is 0 Å². The maximum Gasteiger partial charge on any atom is 0.143 e. The maximum absolute atomic E-state index is 6.41. The average molecular weight is 740 g/mol. The minimum atomic E-state index is 0.906. The lowest BCUT2D eigenvalue weighted by Gasteiger charge is -2.26. The third kappa shape index (κ3) is 6.09. The van der Waals surface area contributed by atoms with Crippen molar-refractivity contribution in [2.45, 2.75) is 0 Å². The fraction of sp³-hybridized carbons (Fsp3) is 0. The molecule has 11 rings (SSSR count). The molecule has 0 unspecified atom stereocenters. The summed E-state index contributed by atoms with van der Waals surface area (Å²) in [6.45, 7) is 0. The molecule has 0 bridgehead atoms. The highest BCUT2D eigenvalue weighted by Gasteiger charge is 2.16. The van der Waals surface area contributed by atoms with E-state index in [1.807, 2.05) is 12.1 Å². The molecule has 0 amide bonds. The van der Waals surface area contributed by atoms with Gasteiger partial charge >= 0.3 is 0 Å². The highest BCUT2D eigenvalue weighted by atomic mass is 16.3. The summed E-state index contributed by atoms with van der Waals surface area (Å²) in [6.07, 6.45) is 0. The minimum Gasteiger partial charge on any atom is -0.455 e. The molecule has 1 aromatic heterocycles. The zero-order valence-electron chi connectivity index (χ0n) is 31.7. The Morgan fingerprint density at radius 3 is 1.31 bits per heavy atom. The van der Waals surface area contributed by atoms with Crippen LogP contribution < -0.4 is 4.90 Å². The lowest BCUT2D eigenvalue weighted by molar-refractivity contribution is 0.670. The van der Waals surface area contributed by atoms with Gasteiger partial charge < -0.3 is 9.32 Å². The molecular formula is C56H37NO. The van der Waals surface area contributed by atoms with Crippen molar-refractivity contribution in [2.75, 3.05) is 4.90 Å². The van der Waals surface area contributed by atoms with Crippen molar-refractivity contribution in [3.8, 4) is 44.5 Å². The molecule has 272 valence electrons. The Morgan fingerprint density at radius 1 is 0.276 bits per heavy atom. The Morgan fingerprint density at radius 2 is 0.707 bits per heavy atom. The van der Waals surface area contributed by atoms with Crippen molar-refractivity contribution in [1.82, 2.24) is 0 Å². The molecule has 0 spiro atoms. The van der Waals surface area contributed by atoms with Crippen molar-refractivity contribution >= 4 is 60.5 Å². The number of rotatable bonds is 7. The zero-order chi connectivity index (χ0) is 38.4. The second-order valence-electron chi connectivity index (χ2n) is 15.0. The Kier molecular flexibility index (Phi) is 8.19. The molecule has 0 radical (unpaired) electrons. The Bertz CT molecular complexity index is 3270. The van der Waals surface area contributed by atoms with Gasteiger partial charge in [0.1, 0.15) is 11.2 Å². The van der Waals surface area contributed by atoms with Crippen LogP contribution in [0.2, 0.25) is 0 Å². The van der Waals surface area contributed by atoms with Gasteiger partial charge in [-0.05, 0) is 121 Å². The molecule has 58 heavy (non-hydrogen) atoms. The largest absolute Gasteiger partial charge is 0.455 e. The first kappa shape index (κ1) is 33.6. The van der Waals surface area contributed by atoms with Crippen molar-refractivity contribution < 1.29 is 4.42 Å². The van der Waals surface area contributed by atoms with Crippen LogP contribution in [-0.2, 0) is 0 Å². The summed E-state index contributed by atoms with van der Waals surface area (Å²) >= 11 is 0. The number of anilines is 3. The standard InChI is InChI=1S/C56H37NO/c1-3-11-43-36-47(21-19-38(43)9-1)41-25-31-50(32-26-41)57(51-33-27-42(28-34-51)52-16-8-17-54-53-15-5-6-18-55(53)58-56(52)54)49-29-23-40(24-30-49)45-13-7-14-46(35-45)48-22-20-39-10-2-4-12-44(39)37-48/h1-37H. The number of fused-ring (bicyclic) bond motifs is 5. The predicted molar refractivity (Wildman–Crippen MR) is 245 cm³/mol. The van der Waals surface area contributed by atoms with Crippen molar-refractivity contribution in [2.24, 2.45) is 0 Å². The lowest BCUT2D eigenvalue weighted by atomic mass is 9.97. The first-order valence-corrected chi connectivity index (χ1v) is 19.8. The smallest absolute Gasteiger partial charge is 0.143 e. The molecule has 0 aliphatic carbocycles. The second kappa shape index (κ2) is 14.1. The van der Waals surface area contributed by atoms with E-state index in [2.05, 4.69) is 217 Å². The van der Waals surface area contributed by atoms with E-state index in [1.54, 1.807) is 0 Å². The van der Waals surface area contributed by atoms with Crippen LogP contribution in [0.25, 0.3) is 88.0 Å². The lowest BCUT2D eigenvalue weighted by Crippen LogP contribution is -2.09. The van der Waals surface area contributed by atoms with E-state index in [9.17, 15) is 0 Å². The van der Waals surface area contributed by atoms with E-state index in [1.165, 1.54) is 54.9 Å².